The summed E-state index contributed by atoms with van der Waals surface area (Å²) in [5, 5.41) is 4.22. The molecule has 21 heavy (non-hydrogen) atoms. The molecule has 0 aromatic heterocycles. The fourth-order valence-corrected chi connectivity index (χ4v) is 2.89. The maximum absolute atomic E-state index is 12.0. The van der Waals surface area contributed by atoms with Crippen LogP contribution in [0.3, 0.4) is 0 Å². The minimum absolute atomic E-state index is 0.0786. The molecule has 1 aliphatic carbocycles. The minimum Gasteiger partial charge on any atom is -0.349 e. The van der Waals surface area contributed by atoms with E-state index < -0.39 is 0 Å². The first-order valence-electron chi connectivity index (χ1n) is 7.39. The van der Waals surface area contributed by atoms with E-state index in [0.717, 1.165) is 31.2 Å². The molecule has 1 fully saturated rings. The SMILES string of the molecule is CC(CN)(NC(=O)CCCc1ccc(Cl)c(Cl)c1)C1CC1. The van der Waals surface area contributed by atoms with E-state index in [1.807, 2.05) is 19.1 Å². The number of rotatable bonds is 7. The molecule has 0 radical (unpaired) electrons. The first-order chi connectivity index (χ1) is 9.94. The highest BCUT2D eigenvalue weighted by Gasteiger charge is 2.41. The Kier molecular flexibility index (Phi) is 5.53. The first-order valence-corrected chi connectivity index (χ1v) is 8.15. The van der Waals surface area contributed by atoms with Gasteiger partial charge in [-0.2, -0.15) is 0 Å². The van der Waals surface area contributed by atoms with Crippen LogP contribution in [-0.2, 0) is 11.2 Å². The molecule has 0 aliphatic heterocycles. The van der Waals surface area contributed by atoms with Crippen molar-refractivity contribution in [2.45, 2.75) is 44.6 Å². The van der Waals surface area contributed by atoms with E-state index >= 15 is 0 Å². The number of hydrogen-bond donors (Lipinski definition) is 2. The Balaban J connectivity index is 1.77. The van der Waals surface area contributed by atoms with Gasteiger partial charge in [-0.25, -0.2) is 0 Å². The Morgan fingerprint density at radius 2 is 2.10 bits per heavy atom. The molecule has 1 atom stereocenters. The molecule has 1 aliphatic rings. The molecule has 1 aromatic carbocycles. The van der Waals surface area contributed by atoms with Crippen LogP contribution >= 0.6 is 23.2 Å². The van der Waals surface area contributed by atoms with E-state index in [9.17, 15) is 4.79 Å². The molecule has 5 heteroatoms. The lowest BCUT2D eigenvalue weighted by Crippen LogP contribution is -2.53. The number of nitrogens with two attached hydrogens (primary N) is 1. The third-order valence-corrected chi connectivity index (χ3v) is 4.92. The molecule has 3 nitrogen and oxygen atoms in total. The molecule has 1 unspecified atom stereocenters. The fraction of sp³-hybridized carbons (Fsp3) is 0.562. The quantitative estimate of drug-likeness (QED) is 0.804. The zero-order chi connectivity index (χ0) is 15.5. The lowest BCUT2D eigenvalue weighted by molar-refractivity contribution is -0.123. The lowest BCUT2D eigenvalue weighted by Gasteiger charge is -2.29. The number of aryl methyl sites for hydroxylation is 1. The number of hydrogen-bond acceptors (Lipinski definition) is 2. The van der Waals surface area contributed by atoms with E-state index in [1.165, 1.54) is 0 Å². The third-order valence-electron chi connectivity index (χ3n) is 4.18. The summed E-state index contributed by atoms with van der Waals surface area (Å²) >= 11 is 11.9. The van der Waals surface area contributed by atoms with Crippen LogP contribution in [0.4, 0.5) is 0 Å². The zero-order valence-corrected chi connectivity index (χ0v) is 13.8. The Bertz CT molecular complexity index is 517. The first kappa shape index (κ1) is 16.6. The number of carbonyl (C=O) groups excluding carboxylic acids is 1. The van der Waals surface area contributed by atoms with Crippen molar-refractivity contribution in [3.8, 4) is 0 Å². The van der Waals surface area contributed by atoms with Gasteiger partial charge in [-0.1, -0.05) is 29.3 Å². The summed E-state index contributed by atoms with van der Waals surface area (Å²) < 4.78 is 0. The highest BCUT2D eigenvalue weighted by Crippen LogP contribution is 2.39. The predicted octanol–water partition coefficient (Wildman–Crippen LogP) is 3.56. The van der Waals surface area contributed by atoms with Crippen LogP contribution in [0.25, 0.3) is 0 Å². The second-order valence-electron chi connectivity index (χ2n) is 6.05. The molecule has 0 heterocycles. The van der Waals surface area contributed by atoms with Gasteiger partial charge in [0, 0.05) is 13.0 Å². The van der Waals surface area contributed by atoms with Crippen LogP contribution in [0.5, 0.6) is 0 Å². The molecule has 3 N–H and O–H groups in total. The number of nitrogens with one attached hydrogen (secondary N) is 1. The van der Waals surface area contributed by atoms with Gasteiger partial charge in [0.15, 0.2) is 0 Å². The van der Waals surface area contributed by atoms with Crippen molar-refractivity contribution < 1.29 is 4.79 Å². The summed E-state index contributed by atoms with van der Waals surface area (Å²) in [7, 11) is 0. The molecule has 1 amide bonds. The number of carbonyl (C=O) groups is 1. The smallest absolute Gasteiger partial charge is 0.220 e. The Morgan fingerprint density at radius 3 is 2.67 bits per heavy atom. The summed E-state index contributed by atoms with van der Waals surface area (Å²) in [6.45, 7) is 2.54. The van der Waals surface area contributed by atoms with E-state index in [0.29, 0.717) is 28.9 Å². The highest BCUT2D eigenvalue weighted by atomic mass is 35.5. The highest BCUT2D eigenvalue weighted by molar-refractivity contribution is 6.42. The van der Waals surface area contributed by atoms with Gasteiger partial charge >= 0.3 is 0 Å². The van der Waals surface area contributed by atoms with E-state index in [1.54, 1.807) is 6.07 Å². The summed E-state index contributed by atoms with van der Waals surface area (Å²) in [6.07, 6.45) is 4.43. The molecule has 0 spiro atoms. The monoisotopic (exact) mass is 328 g/mol. The number of amides is 1. The Labute approximate surface area is 136 Å². The van der Waals surface area contributed by atoms with Gasteiger partial charge in [-0.15, -0.1) is 0 Å². The van der Waals surface area contributed by atoms with Crippen molar-refractivity contribution in [3.05, 3.63) is 33.8 Å². The average molecular weight is 329 g/mol. The van der Waals surface area contributed by atoms with Crippen molar-refractivity contribution in [1.29, 1.82) is 0 Å². The largest absolute Gasteiger partial charge is 0.349 e. The number of benzene rings is 1. The average Bonchev–Trinajstić information content (AvgIpc) is 3.27. The Morgan fingerprint density at radius 1 is 1.38 bits per heavy atom. The van der Waals surface area contributed by atoms with Crippen LogP contribution in [0.2, 0.25) is 10.0 Å². The van der Waals surface area contributed by atoms with Gasteiger partial charge in [-0.05, 0) is 56.2 Å². The fourth-order valence-electron chi connectivity index (χ4n) is 2.57. The normalized spacial score (nSPS) is 17.3. The standard InChI is InChI=1S/C16H22Cl2N2O/c1-16(10-19,12-6-7-12)20-15(21)4-2-3-11-5-8-13(17)14(18)9-11/h5,8-9,12H,2-4,6-7,10,19H2,1H3,(H,20,21). The van der Waals surface area contributed by atoms with Crippen LogP contribution in [-0.4, -0.2) is 18.0 Å². The maximum Gasteiger partial charge on any atom is 0.220 e. The maximum atomic E-state index is 12.0. The zero-order valence-electron chi connectivity index (χ0n) is 12.3. The van der Waals surface area contributed by atoms with Gasteiger partial charge in [0.2, 0.25) is 5.91 Å². The summed E-state index contributed by atoms with van der Waals surface area (Å²) in [4.78, 5) is 12.0. The number of halogens is 2. The summed E-state index contributed by atoms with van der Waals surface area (Å²) in [6, 6.07) is 5.59. The molecule has 1 saturated carbocycles. The van der Waals surface area contributed by atoms with E-state index in [4.69, 9.17) is 28.9 Å². The van der Waals surface area contributed by atoms with Crippen molar-refractivity contribution in [2.24, 2.45) is 11.7 Å². The minimum atomic E-state index is -0.235. The molecule has 1 aromatic rings. The third kappa shape index (κ3) is 4.60. The van der Waals surface area contributed by atoms with Crippen LogP contribution in [0, 0.1) is 5.92 Å². The predicted molar refractivity (Wildman–Crippen MR) is 87.7 cm³/mol. The summed E-state index contributed by atoms with van der Waals surface area (Å²) in [5.74, 6) is 0.622. The van der Waals surface area contributed by atoms with Gasteiger partial charge in [0.1, 0.15) is 0 Å². The molecular formula is C16H22Cl2N2O. The Hall–Kier alpha value is -0.770. The molecule has 0 bridgehead atoms. The second kappa shape index (κ2) is 6.99. The van der Waals surface area contributed by atoms with Crippen LogP contribution in [0.15, 0.2) is 18.2 Å². The van der Waals surface area contributed by atoms with Crippen LogP contribution in [0.1, 0.15) is 38.2 Å². The van der Waals surface area contributed by atoms with Gasteiger partial charge in [0.05, 0.1) is 15.6 Å². The van der Waals surface area contributed by atoms with Gasteiger partial charge in [-0.3, -0.25) is 4.79 Å². The van der Waals surface area contributed by atoms with Crippen molar-refractivity contribution in [3.63, 3.8) is 0 Å². The topological polar surface area (TPSA) is 55.1 Å². The van der Waals surface area contributed by atoms with Gasteiger partial charge < -0.3 is 11.1 Å². The van der Waals surface area contributed by atoms with Crippen molar-refractivity contribution >= 4 is 29.1 Å². The lowest BCUT2D eigenvalue weighted by atomic mass is 9.95. The van der Waals surface area contributed by atoms with E-state index in [-0.39, 0.29) is 11.4 Å². The summed E-state index contributed by atoms with van der Waals surface area (Å²) in [5.41, 5.74) is 6.67. The van der Waals surface area contributed by atoms with Crippen LogP contribution < -0.4 is 11.1 Å². The van der Waals surface area contributed by atoms with E-state index in [2.05, 4.69) is 5.32 Å². The van der Waals surface area contributed by atoms with Crippen molar-refractivity contribution in [2.75, 3.05) is 6.54 Å². The molecule has 0 saturated heterocycles. The molecule has 116 valence electrons. The molecule has 2 rings (SSSR count). The van der Waals surface area contributed by atoms with Gasteiger partial charge in [0.25, 0.3) is 0 Å². The second-order valence-corrected chi connectivity index (χ2v) is 6.86. The molecular weight excluding hydrogens is 307 g/mol. The van der Waals surface area contributed by atoms with Crippen molar-refractivity contribution in [1.82, 2.24) is 5.32 Å².